The molecule has 2 atom stereocenters. The van der Waals surface area contributed by atoms with Crippen molar-refractivity contribution in [2.24, 2.45) is 5.92 Å². The summed E-state index contributed by atoms with van der Waals surface area (Å²) in [6, 6.07) is 1.98. The van der Waals surface area contributed by atoms with Crippen molar-refractivity contribution in [3.05, 3.63) is 21.0 Å². The molecule has 2 unspecified atom stereocenters. The summed E-state index contributed by atoms with van der Waals surface area (Å²) in [7, 11) is 0. The molecule has 0 radical (unpaired) electrons. The Labute approximate surface area is 112 Å². The molecule has 0 bridgehead atoms. The van der Waals surface area contributed by atoms with Gasteiger partial charge in [-0.3, -0.25) is 0 Å². The third-order valence-electron chi connectivity index (χ3n) is 2.94. The predicted octanol–water partition coefficient (Wildman–Crippen LogP) is 3.32. The molecule has 1 aromatic rings. The zero-order valence-electron chi connectivity index (χ0n) is 9.13. The van der Waals surface area contributed by atoms with Crippen molar-refractivity contribution >= 4 is 31.9 Å². The molecule has 0 amide bonds. The molecule has 1 aliphatic rings. The summed E-state index contributed by atoms with van der Waals surface area (Å²) in [5, 5.41) is 3.40. The minimum Gasteiger partial charge on any atom is -0.452 e. The molecule has 2 rings (SSSR count). The van der Waals surface area contributed by atoms with Crippen LogP contribution in [0.25, 0.3) is 0 Å². The lowest BCUT2D eigenvalue weighted by Crippen LogP contribution is -2.26. The second-order valence-electron chi connectivity index (χ2n) is 4.09. The SMILES string of the molecule is CC1OCCC1CNCc1cc(Br)c(Br)o1. The molecule has 1 aliphatic heterocycles. The van der Waals surface area contributed by atoms with Crippen LogP contribution < -0.4 is 5.32 Å². The van der Waals surface area contributed by atoms with Gasteiger partial charge in [0.15, 0.2) is 4.67 Å². The Kier molecular flexibility index (Phi) is 4.47. The highest BCUT2D eigenvalue weighted by Gasteiger charge is 2.23. The number of ether oxygens (including phenoxy) is 1. The summed E-state index contributed by atoms with van der Waals surface area (Å²) in [5.41, 5.74) is 0. The van der Waals surface area contributed by atoms with Crippen molar-refractivity contribution in [3.8, 4) is 0 Å². The van der Waals surface area contributed by atoms with E-state index in [-0.39, 0.29) is 0 Å². The average Bonchev–Trinajstić information content (AvgIpc) is 2.76. The van der Waals surface area contributed by atoms with Crippen molar-refractivity contribution < 1.29 is 9.15 Å². The topological polar surface area (TPSA) is 34.4 Å². The number of nitrogens with one attached hydrogen (secondary N) is 1. The van der Waals surface area contributed by atoms with E-state index >= 15 is 0 Å². The smallest absolute Gasteiger partial charge is 0.183 e. The van der Waals surface area contributed by atoms with E-state index in [0.29, 0.717) is 12.0 Å². The summed E-state index contributed by atoms with van der Waals surface area (Å²) < 4.78 is 12.7. The monoisotopic (exact) mass is 351 g/mol. The summed E-state index contributed by atoms with van der Waals surface area (Å²) in [6.45, 7) is 4.77. The van der Waals surface area contributed by atoms with E-state index in [1.807, 2.05) is 6.07 Å². The van der Waals surface area contributed by atoms with Gasteiger partial charge < -0.3 is 14.5 Å². The largest absolute Gasteiger partial charge is 0.452 e. The Bertz CT molecular complexity index is 334. The van der Waals surface area contributed by atoms with Gasteiger partial charge in [0, 0.05) is 13.2 Å². The molecule has 0 aromatic carbocycles. The molecule has 0 aliphatic carbocycles. The molecule has 2 heterocycles. The molecule has 5 heteroatoms. The first-order valence-corrected chi connectivity index (χ1v) is 7.01. The van der Waals surface area contributed by atoms with E-state index in [4.69, 9.17) is 9.15 Å². The van der Waals surface area contributed by atoms with Gasteiger partial charge in [0.05, 0.1) is 17.1 Å². The molecule has 1 aromatic heterocycles. The molecule has 1 N–H and O–H groups in total. The van der Waals surface area contributed by atoms with Crippen LogP contribution in [0, 0.1) is 5.92 Å². The van der Waals surface area contributed by atoms with Gasteiger partial charge in [-0.05, 0) is 57.2 Å². The van der Waals surface area contributed by atoms with Crippen molar-refractivity contribution in [2.45, 2.75) is 26.0 Å². The summed E-state index contributed by atoms with van der Waals surface area (Å²) in [5.74, 6) is 1.56. The first kappa shape index (κ1) is 12.6. The maximum atomic E-state index is 5.51. The number of hydrogen-bond acceptors (Lipinski definition) is 3. The van der Waals surface area contributed by atoms with E-state index in [2.05, 4.69) is 44.1 Å². The molecule has 1 fully saturated rings. The molecule has 0 spiro atoms. The Hall–Kier alpha value is 0.160. The highest BCUT2D eigenvalue weighted by molar-refractivity contribution is 9.13. The minimum absolute atomic E-state index is 0.377. The lowest BCUT2D eigenvalue weighted by atomic mass is 10.0. The maximum absolute atomic E-state index is 5.51. The van der Waals surface area contributed by atoms with Crippen LogP contribution >= 0.6 is 31.9 Å². The Balaban J connectivity index is 1.75. The molecule has 16 heavy (non-hydrogen) atoms. The second-order valence-corrected chi connectivity index (χ2v) is 5.66. The summed E-state index contributed by atoms with van der Waals surface area (Å²) in [4.78, 5) is 0. The maximum Gasteiger partial charge on any atom is 0.183 e. The minimum atomic E-state index is 0.377. The average molecular weight is 353 g/mol. The first-order chi connectivity index (χ1) is 7.66. The van der Waals surface area contributed by atoms with Crippen molar-refractivity contribution in [3.63, 3.8) is 0 Å². The van der Waals surface area contributed by atoms with Crippen LogP contribution in [0.15, 0.2) is 19.6 Å². The zero-order valence-corrected chi connectivity index (χ0v) is 12.3. The Morgan fingerprint density at radius 1 is 1.50 bits per heavy atom. The number of rotatable bonds is 4. The fourth-order valence-corrected chi connectivity index (χ4v) is 2.56. The normalized spacial score (nSPS) is 25.2. The van der Waals surface area contributed by atoms with Gasteiger partial charge in [-0.1, -0.05) is 0 Å². The van der Waals surface area contributed by atoms with Crippen LogP contribution in [0.1, 0.15) is 19.1 Å². The Morgan fingerprint density at radius 2 is 2.31 bits per heavy atom. The number of halogens is 2. The van der Waals surface area contributed by atoms with E-state index < -0.39 is 0 Å². The summed E-state index contributed by atoms with van der Waals surface area (Å²) >= 11 is 6.72. The van der Waals surface area contributed by atoms with Crippen LogP contribution in [-0.4, -0.2) is 19.3 Å². The molecule has 1 saturated heterocycles. The van der Waals surface area contributed by atoms with Gasteiger partial charge in [-0.2, -0.15) is 0 Å². The van der Waals surface area contributed by atoms with E-state index in [1.165, 1.54) is 0 Å². The molecule has 90 valence electrons. The molecular formula is C11H15Br2NO2. The van der Waals surface area contributed by atoms with Gasteiger partial charge in [-0.25, -0.2) is 0 Å². The van der Waals surface area contributed by atoms with Gasteiger partial charge in [0.2, 0.25) is 0 Å². The van der Waals surface area contributed by atoms with Gasteiger partial charge in [0.25, 0.3) is 0 Å². The predicted molar refractivity (Wildman–Crippen MR) is 69.3 cm³/mol. The van der Waals surface area contributed by atoms with E-state index in [0.717, 1.165) is 41.0 Å². The van der Waals surface area contributed by atoms with Crippen molar-refractivity contribution in [1.82, 2.24) is 5.32 Å². The summed E-state index contributed by atoms with van der Waals surface area (Å²) in [6.07, 6.45) is 1.53. The Morgan fingerprint density at radius 3 is 2.88 bits per heavy atom. The lowest BCUT2D eigenvalue weighted by molar-refractivity contribution is 0.105. The third-order valence-corrected chi connectivity index (χ3v) is 4.65. The van der Waals surface area contributed by atoms with Crippen LogP contribution in [0.4, 0.5) is 0 Å². The van der Waals surface area contributed by atoms with Crippen molar-refractivity contribution in [1.29, 1.82) is 0 Å². The van der Waals surface area contributed by atoms with Gasteiger partial charge in [0.1, 0.15) is 5.76 Å². The van der Waals surface area contributed by atoms with E-state index in [9.17, 15) is 0 Å². The first-order valence-electron chi connectivity index (χ1n) is 5.43. The van der Waals surface area contributed by atoms with Crippen LogP contribution in [-0.2, 0) is 11.3 Å². The quantitative estimate of drug-likeness (QED) is 0.902. The van der Waals surface area contributed by atoms with Crippen LogP contribution in [0.5, 0.6) is 0 Å². The lowest BCUT2D eigenvalue weighted by Gasteiger charge is -2.13. The molecule has 3 nitrogen and oxygen atoms in total. The third kappa shape index (κ3) is 3.09. The van der Waals surface area contributed by atoms with E-state index in [1.54, 1.807) is 0 Å². The fourth-order valence-electron chi connectivity index (χ4n) is 1.90. The second kappa shape index (κ2) is 5.67. The molecular weight excluding hydrogens is 338 g/mol. The highest BCUT2D eigenvalue weighted by atomic mass is 79.9. The fraction of sp³-hybridized carbons (Fsp3) is 0.636. The van der Waals surface area contributed by atoms with Gasteiger partial charge in [-0.15, -0.1) is 0 Å². The van der Waals surface area contributed by atoms with Crippen LogP contribution in [0.3, 0.4) is 0 Å². The van der Waals surface area contributed by atoms with Crippen molar-refractivity contribution in [2.75, 3.05) is 13.2 Å². The molecule has 0 saturated carbocycles. The van der Waals surface area contributed by atoms with Crippen LogP contribution in [0.2, 0.25) is 0 Å². The zero-order chi connectivity index (χ0) is 11.5. The standard InChI is InChI=1S/C11H15Br2NO2/c1-7-8(2-3-15-7)5-14-6-9-4-10(12)11(13)16-9/h4,7-8,14H,2-3,5-6H2,1H3. The number of hydrogen-bond donors (Lipinski definition) is 1. The number of furan rings is 1. The highest BCUT2D eigenvalue weighted by Crippen LogP contribution is 2.26. The van der Waals surface area contributed by atoms with Gasteiger partial charge >= 0.3 is 0 Å².